The molecule has 9 aromatic carbocycles. The molecule has 1 aliphatic heterocycles. The Morgan fingerprint density at radius 1 is 0.458 bits per heavy atom. The minimum Gasteiger partial charge on any atom is -0.310 e. The van der Waals surface area contributed by atoms with Crippen LogP contribution in [0, 0.1) is 0 Å². The first kappa shape index (κ1) is 44.7. The Morgan fingerprint density at radius 3 is 1.68 bits per heavy atom. The van der Waals surface area contributed by atoms with E-state index in [1.54, 1.807) is 0 Å². The van der Waals surface area contributed by atoms with Crippen LogP contribution in [0.3, 0.4) is 0 Å². The molecule has 0 spiro atoms. The molecule has 3 nitrogen and oxygen atoms in total. The topological polar surface area (TPSA) is 23.6 Å². The van der Waals surface area contributed by atoms with Crippen LogP contribution in [0.1, 0.15) is 95.0 Å². The number of nitrogens with zero attached hydrogens (tertiary/aromatic N) is 2. The Hall–Kier alpha value is -8.53. The molecule has 0 amide bonds. The highest BCUT2D eigenvalue weighted by molar-refractivity contribution is 6.14. The number of anilines is 6. The Labute approximate surface area is 424 Å². The highest BCUT2D eigenvalue weighted by Crippen LogP contribution is 2.58. The average Bonchev–Trinajstić information content (AvgIpc) is 3.63. The molecule has 348 valence electrons. The van der Waals surface area contributed by atoms with Crippen LogP contribution in [0.4, 0.5) is 34.1 Å². The summed E-state index contributed by atoms with van der Waals surface area (Å²) in [7, 11) is 0. The first-order chi connectivity index (χ1) is 35.1. The van der Waals surface area contributed by atoms with Gasteiger partial charge in [-0.25, -0.2) is 0 Å². The highest BCUT2D eigenvalue weighted by atomic mass is 16.1. The predicted molar refractivity (Wildman–Crippen MR) is 300 cm³/mol. The second-order valence-electron chi connectivity index (χ2n) is 20.4. The van der Waals surface area contributed by atoms with E-state index in [9.17, 15) is 4.79 Å². The van der Waals surface area contributed by atoms with Gasteiger partial charge in [-0.2, -0.15) is 0 Å². The summed E-state index contributed by atoms with van der Waals surface area (Å²) >= 11 is 0. The lowest BCUT2D eigenvalue weighted by molar-refractivity contribution is 0.103. The summed E-state index contributed by atoms with van der Waals surface area (Å²) in [5.74, 6) is 0.0483. The van der Waals surface area contributed by atoms with E-state index in [4.69, 9.17) is 0 Å². The predicted octanol–water partition coefficient (Wildman–Crippen LogP) is 17.7. The third-order valence-corrected chi connectivity index (χ3v) is 15.8. The molecule has 0 unspecified atom stereocenters. The fraction of sp³-hybridized carbons (Fsp3) is 0.116. The van der Waals surface area contributed by atoms with Gasteiger partial charge in [-0.15, -0.1) is 0 Å². The van der Waals surface area contributed by atoms with Crippen molar-refractivity contribution in [2.75, 3.05) is 9.80 Å². The van der Waals surface area contributed by atoms with Gasteiger partial charge in [-0.05, 0) is 147 Å². The molecule has 1 heterocycles. The molecular weight excluding hydrogens is 873 g/mol. The summed E-state index contributed by atoms with van der Waals surface area (Å²) in [6.07, 6.45) is 6.46. The number of hydrogen-bond donors (Lipinski definition) is 0. The number of ketones is 1. The molecule has 0 saturated carbocycles. The van der Waals surface area contributed by atoms with Gasteiger partial charge in [0.1, 0.15) is 0 Å². The molecule has 9 aromatic rings. The lowest BCUT2D eigenvalue weighted by atomic mass is 9.59. The number of para-hydroxylation sites is 2. The molecule has 0 N–H and O–H groups in total. The van der Waals surface area contributed by atoms with Gasteiger partial charge in [0.15, 0.2) is 5.78 Å². The molecule has 3 aliphatic rings. The Kier molecular flexibility index (Phi) is 10.6. The fourth-order valence-electron chi connectivity index (χ4n) is 12.4. The van der Waals surface area contributed by atoms with Gasteiger partial charge in [0.25, 0.3) is 0 Å². The molecule has 0 bridgehead atoms. The van der Waals surface area contributed by atoms with Crippen LogP contribution in [0.2, 0.25) is 0 Å². The van der Waals surface area contributed by atoms with Gasteiger partial charge in [-0.3, -0.25) is 4.79 Å². The van der Waals surface area contributed by atoms with Gasteiger partial charge in [-0.1, -0.05) is 198 Å². The Bertz CT molecular complexity index is 3600. The molecule has 3 heteroatoms. The zero-order valence-electron chi connectivity index (χ0n) is 41.5. The van der Waals surface area contributed by atoms with Crippen LogP contribution in [0.15, 0.2) is 249 Å². The Balaban J connectivity index is 1.08. The molecule has 0 aromatic heterocycles. The summed E-state index contributed by atoms with van der Waals surface area (Å²) < 4.78 is 0. The maximum atomic E-state index is 14.7. The molecule has 72 heavy (non-hydrogen) atoms. The van der Waals surface area contributed by atoms with Crippen molar-refractivity contribution in [1.82, 2.24) is 0 Å². The molecule has 12 rings (SSSR count). The van der Waals surface area contributed by atoms with Crippen molar-refractivity contribution in [2.24, 2.45) is 0 Å². The number of hydrogen-bond acceptors (Lipinski definition) is 3. The van der Waals surface area contributed by atoms with E-state index >= 15 is 0 Å². The van der Waals surface area contributed by atoms with E-state index in [0.717, 1.165) is 78.6 Å². The van der Waals surface area contributed by atoms with Crippen LogP contribution in [0.5, 0.6) is 0 Å². The second-order valence-corrected chi connectivity index (χ2v) is 20.4. The number of carbonyl (C=O) groups is 1. The van der Waals surface area contributed by atoms with Gasteiger partial charge in [0.2, 0.25) is 0 Å². The third kappa shape index (κ3) is 6.68. The monoisotopic (exact) mass is 928 g/mol. The van der Waals surface area contributed by atoms with Gasteiger partial charge in [0.05, 0.1) is 16.8 Å². The van der Waals surface area contributed by atoms with Gasteiger partial charge >= 0.3 is 0 Å². The van der Waals surface area contributed by atoms with Crippen molar-refractivity contribution in [1.29, 1.82) is 0 Å². The maximum Gasteiger partial charge on any atom is 0.193 e. The lowest BCUT2D eigenvalue weighted by Crippen LogP contribution is -2.38. The molecule has 0 saturated heterocycles. The summed E-state index contributed by atoms with van der Waals surface area (Å²) in [6, 6.07) is 78.3. The SMILES string of the molecule is C=CC1=C(/C=C\C)C(C)(C)c2cc3c(cc21)C(C)(C)c1cc(N(c2ccccc2)c2ccccc2)ccc1N3c1cccc(-c2ccc3c(c2)C(c2ccccc2)(c2ccccc2)c2ccccc2C3=O)c1. The van der Waals surface area contributed by atoms with Crippen LogP contribution >= 0.6 is 0 Å². The number of rotatable bonds is 9. The maximum absolute atomic E-state index is 14.7. The van der Waals surface area contributed by atoms with E-state index in [1.807, 2.05) is 18.2 Å². The number of carbonyl (C=O) groups excluding carboxylic acids is 1. The lowest BCUT2D eigenvalue weighted by Gasteiger charge is -2.43. The molecule has 0 atom stereocenters. The van der Waals surface area contributed by atoms with Crippen LogP contribution in [-0.2, 0) is 16.2 Å². The van der Waals surface area contributed by atoms with E-state index in [2.05, 4.69) is 269 Å². The number of allylic oxidation sites excluding steroid dienone is 5. The highest BCUT2D eigenvalue weighted by Gasteiger charge is 2.47. The molecular formula is C69H56N2O. The van der Waals surface area contributed by atoms with E-state index in [-0.39, 0.29) is 11.2 Å². The zero-order chi connectivity index (χ0) is 49.4. The van der Waals surface area contributed by atoms with E-state index in [1.165, 1.54) is 33.4 Å². The van der Waals surface area contributed by atoms with Crippen molar-refractivity contribution >= 4 is 45.5 Å². The molecule has 2 aliphatic carbocycles. The third-order valence-electron chi connectivity index (χ3n) is 15.8. The first-order valence-electron chi connectivity index (χ1n) is 25.1. The van der Waals surface area contributed by atoms with Crippen molar-refractivity contribution < 1.29 is 4.79 Å². The minimum absolute atomic E-state index is 0.0483. The van der Waals surface area contributed by atoms with Gasteiger partial charge in [0, 0.05) is 44.7 Å². The van der Waals surface area contributed by atoms with Crippen LogP contribution in [0.25, 0.3) is 16.7 Å². The van der Waals surface area contributed by atoms with Crippen LogP contribution in [-0.4, -0.2) is 5.78 Å². The fourth-order valence-corrected chi connectivity index (χ4v) is 12.4. The van der Waals surface area contributed by atoms with Crippen molar-refractivity contribution in [2.45, 2.75) is 50.9 Å². The van der Waals surface area contributed by atoms with Crippen molar-refractivity contribution in [3.05, 3.63) is 304 Å². The molecule has 0 fully saturated rings. The summed E-state index contributed by atoms with van der Waals surface area (Å²) in [6.45, 7) is 15.9. The largest absolute Gasteiger partial charge is 0.310 e. The van der Waals surface area contributed by atoms with E-state index < -0.39 is 10.8 Å². The summed E-state index contributed by atoms with van der Waals surface area (Å²) in [4.78, 5) is 19.5. The molecule has 0 radical (unpaired) electrons. The first-order valence-corrected chi connectivity index (χ1v) is 25.1. The minimum atomic E-state index is -0.741. The summed E-state index contributed by atoms with van der Waals surface area (Å²) in [5.41, 5.74) is 20.5. The average molecular weight is 929 g/mol. The Morgan fingerprint density at radius 2 is 1.04 bits per heavy atom. The van der Waals surface area contributed by atoms with Crippen molar-refractivity contribution in [3.63, 3.8) is 0 Å². The quantitative estimate of drug-likeness (QED) is 0.144. The van der Waals surface area contributed by atoms with Gasteiger partial charge < -0.3 is 9.80 Å². The second kappa shape index (κ2) is 17.1. The normalized spacial score (nSPS) is 15.6. The van der Waals surface area contributed by atoms with Crippen molar-refractivity contribution in [3.8, 4) is 11.1 Å². The smallest absolute Gasteiger partial charge is 0.193 e. The number of benzene rings is 9. The number of fused-ring (bicyclic) bond motifs is 5. The van der Waals surface area contributed by atoms with E-state index in [0.29, 0.717) is 0 Å². The van der Waals surface area contributed by atoms with Crippen LogP contribution < -0.4 is 9.80 Å². The zero-order valence-corrected chi connectivity index (χ0v) is 41.5. The standard InChI is InChI=1S/C69H56N2O/c1-7-24-58-54(8-2)57-44-63-65(45-60(57)67(58,3)4)71(64-40-38-53(43-62(64)68(63,5)6)70(50-30-17-11-18-31-50)51-32-19-12-20-33-51)52-34-23-25-46(41-52)47-37-39-56-61(42-47)69(48-26-13-9-14-27-48,49-28-15-10-16-29-49)59-36-22-21-35-55(59)66(56)72/h7-45H,2H2,1,3-6H3/b24-7-. The summed E-state index contributed by atoms with van der Waals surface area (Å²) in [5, 5.41) is 0.